The molecule has 16 heavy (non-hydrogen) atoms. The molecule has 0 fully saturated rings. The zero-order valence-corrected chi connectivity index (χ0v) is 9.28. The molecule has 0 heterocycles. The third-order valence-corrected chi connectivity index (χ3v) is 2.35. The Kier molecular flexibility index (Phi) is 3.90. The fourth-order valence-electron chi connectivity index (χ4n) is 1.56. The van der Waals surface area contributed by atoms with Gasteiger partial charge in [-0.15, -0.1) is 0 Å². The first kappa shape index (κ1) is 12.1. The summed E-state index contributed by atoms with van der Waals surface area (Å²) >= 11 is 0. The molecule has 1 aromatic carbocycles. The second-order valence-corrected chi connectivity index (χ2v) is 3.36. The lowest BCUT2D eigenvalue weighted by atomic mass is 10.00. The number of carboxylic acid groups (broad SMARTS) is 1. The van der Waals surface area contributed by atoms with Crippen molar-refractivity contribution in [1.82, 2.24) is 0 Å². The number of nitriles is 1. The Morgan fingerprint density at radius 2 is 2.19 bits per heavy atom. The summed E-state index contributed by atoms with van der Waals surface area (Å²) in [5.74, 6) is -0.457. The Labute approximate surface area is 94.1 Å². The van der Waals surface area contributed by atoms with Gasteiger partial charge in [0.05, 0.1) is 25.2 Å². The predicted molar refractivity (Wildman–Crippen MR) is 58.4 cm³/mol. The van der Waals surface area contributed by atoms with Crippen LogP contribution in [0.3, 0.4) is 0 Å². The topological polar surface area (TPSA) is 70.3 Å². The number of hydrogen-bond acceptors (Lipinski definition) is 3. The van der Waals surface area contributed by atoms with Gasteiger partial charge in [-0.2, -0.15) is 5.26 Å². The maximum atomic E-state index is 10.7. The van der Waals surface area contributed by atoms with Gasteiger partial charge in [0.2, 0.25) is 0 Å². The molecule has 84 valence electrons. The van der Waals surface area contributed by atoms with E-state index in [2.05, 4.69) is 6.07 Å². The molecule has 4 heteroatoms. The molecule has 4 nitrogen and oxygen atoms in total. The monoisotopic (exact) mass is 219 g/mol. The smallest absolute Gasteiger partial charge is 0.307 e. The van der Waals surface area contributed by atoms with E-state index in [4.69, 9.17) is 15.1 Å². The van der Waals surface area contributed by atoms with Gasteiger partial charge in [0.25, 0.3) is 0 Å². The number of nitrogens with zero attached hydrogens (tertiary/aromatic N) is 1. The molecule has 0 spiro atoms. The first-order chi connectivity index (χ1) is 7.62. The van der Waals surface area contributed by atoms with Crippen LogP contribution in [0.5, 0.6) is 5.75 Å². The number of benzene rings is 1. The van der Waals surface area contributed by atoms with E-state index in [0.717, 1.165) is 5.56 Å². The highest BCUT2D eigenvalue weighted by atomic mass is 16.5. The van der Waals surface area contributed by atoms with Gasteiger partial charge in [0.1, 0.15) is 5.75 Å². The summed E-state index contributed by atoms with van der Waals surface area (Å²) in [6.07, 6.45) is 0.599. The molecule has 0 aromatic heterocycles. The lowest BCUT2D eigenvalue weighted by Crippen LogP contribution is -2.04. The van der Waals surface area contributed by atoms with E-state index in [0.29, 0.717) is 23.3 Å². The van der Waals surface area contributed by atoms with E-state index < -0.39 is 5.97 Å². The molecule has 0 aliphatic carbocycles. The van der Waals surface area contributed by atoms with Crippen molar-refractivity contribution in [3.63, 3.8) is 0 Å². The van der Waals surface area contributed by atoms with Crippen LogP contribution in [0.25, 0.3) is 0 Å². The third-order valence-electron chi connectivity index (χ3n) is 2.35. The minimum Gasteiger partial charge on any atom is -0.496 e. The number of rotatable bonds is 4. The van der Waals surface area contributed by atoms with Crippen molar-refractivity contribution in [3.05, 3.63) is 28.8 Å². The number of carbonyl (C=O) groups is 1. The van der Waals surface area contributed by atoms with Crippen LogP contribution in [0.4, 0.5) is 0 Å². The molecule has 0 bridgehead atoms. The Morgan fingerprint density at radius 3 is 2.62 bits per heavy atom. The minimum absolute atomic E-state index is 0.0954. The van der Waals surface area contributed by atoms with Crippen LogP contribution in [0.1, 0.15) is 23.6 Å². The number of methoxy groups -OCH3 is 1. The molecule has 1 aromatic rings. The maximum absolute atomic E-state index is 10.7. The van der Waals surface area contributed by atoms with Gasteiger partial charge >= 0.3 is 5.97 Å². The van der Waals surface area contributed by atoms with E-state index in [1.165, 1.54) is 7.11 Å². The van der Waals surface area contributed by atoms with Crippen molar-refractivity contribution in [3.8, 4) is 11.8 Å². The molecular formula is C12H13NO3. The lowest BCUT2D eigenvalue weighted by molar-refractivity contribution is -0.136. The first-order valence-electron chi connectivity index (χ1n) is 4.94. The number of aryl methyl sites for hydroxylation is 1. The Balaban J connectivity index is 3.27. The molecule has 1 N–H and O–H groups in total. The van der Waals surface area contributed by atoms with Gasteiger partial charge in [-0.25, -0.2) is 0 Å². The van der Waals surface area contributed by atoms with Crippen molar-refractivity contribution < 1.29 is 14.6 Å². The van der Waals surface area contributed by atoms with Gasteiger partial charge in [-0.05, 0) is 18.1 Å². The maximum Gasteiger partial charge on any atom is 0.307 e. The lowest BCUT2D eigenvalue weighted by Gasteiger charge is -2.10. The van der Waals surface area contributed by atoms with Crippen molar-refractivity contribution >= 4 is 5.97 Å². The van der Waals surface area contributed by atoms with Crippen LogP contribution in [-0.2, 0) is 17.6 Å². The van der Waals surface area contributed by atoms with E-state index >= 15 is 0 Å². The Morgan fingerprint density at radius 1 is 1.50 bits per heavy atom. The molecule has 0 saturated heterocycles. The summed E-state index contributed by atoms with van der Waals surface area (Å²) in [6, 6.07) is 5.40. The molecule has 0 unspecified atom stereocenters. The van der Waals surface area contributed by atoms with Crippen molar-refractivity contribution in [2.75, 3.05) is 7.11 Å². The van der Waals surface area contributed by atoms with E-state index in [1.54, 1.807) is 12.1 Å². The number of carboxylic acids is 1. The van der Waals surface area contributed by atoms with Crippen LogP contribution in [-0.4, -0.2) is 18.2 Å². The third kappa shape index (κ3) is 2.51. The zero-order valence-electron chi connectivity index (χ0n) is 9.28. The summed E-state index contributed by atoms with van der Waals surface area (Å²) in [6.45, 7) is 1.92. The Hall–Kier alpha value is -2.02. The zero-order chi connectivity index (χ0) is 12.1. The summed E-state index contributed by atoms with van der Waals surface area (Å²) in [5.41, 5.74) is 1.99. The van der Waals surface area contributed by atoms with E-state index in [1.807, 2.05) is 6.92 Å². The van der Waals surface area contributed by atoms with Crippen LogP contribution in [0.15, 0.2) is 12.1 Å². The van der Waals surface area contributed by atoms with Crippen molar-refractivity contribution in [2.24, 2.45) is 0 Å². The van der Waals surface area contributed by atoms with Crippen LogP contribution in [0.2, 0.25) is 0 Å². The van der Waals surface area contributed by atoms with Gasteiger partial charge < -0.3 is 9.84 Å². The average Bonchev–Trinajstić information content (AvgIpc) is 2.27. The molecular weight excluding hydrogens is 206 g/mol. The molecule has 0 saturated carbocycles. The fraction of sp³-hybridized carbons (Fsp3) is 0.333. The van der Waals surface area contributed by atoms with Gasteiger partial charge in [0.15, 0.2) is 0 Å². The fourth-order valence-corrected chi connectivity index (χ4v) is 1.56. The molecule has 0 radical (unpaired) electrons. The van der Waals surface area contributed by atoms with Crippen LogP contribution < -0.4 is 4.74 Å². The van der Waals surface area contributed by atoms with Crippen molar-refractivity contribution in [1.29, 1.82) is 5.26 Å². The van der Waals surface area contributed by atoms with Gasteiger partial charge in [-0.3, -0.25) is 4.79 Å². The van der Waals surface area contributed by atoms with Crippen LogP contribution in [0, 0.1) is 11.3 Å². The largest absolute Gasteiger partial charge is 0.496 e. The second-order valence-electron chi connectivity index (χ2n) is 3.36. The molecule has 0 aliphatic rings. The molecule has 0 atom stereocenters. The van der Waals surface area contributed by atoms with E-state index in [9.17, 15) is 4.79 Å². The SMILES string of the molecule is CCc1cc(CC(=O)O)c(OC)cc1C#N. The number of ether oxygens (including phenoxy) is 1. The minimum atomic E-state index is -0.912. The summed E-state index contributed by atoms with van der Waals surface area (Å²) < 4.78 is 5.07. The highest BCUT2D eigenvalue weighted by molar-refractivity contribution is 5.72. The molecule has 0 amide bonds. The first-order valence-corrected chi connectivity index (χ1v) is 4.94. The van der Waals surface area contributed by atoms with E-state index in [-0.39, 0.29) is 6.42 Å². The highest BCUT2D eigenvalue weighted by Crippen LogP contribution is 2.24. The average molecular weight is 219 g/mol. The Bertz CT molecular complexity index is 446. The quantitative estimate of drug-likeness (QED) is 0.837. The number of aliphatic carboxylic acids is 1. The summed E-state index contributed by atoms with van der Waals surface area (Å²) in [4.78, 5) is 10.7. The molecule has 1 rings (SSSR count). The highest BCUT2D eigenvalue weighted by Gasteiger charge is 2.11. The summed E-state index contributed by atoms with van der Waals surface area (Å²) in [7, 11) is 1.47. The van der Waals surface area contributed by atoms with Crippen molar-refractivity contribution in [2.45, 2.75) is 19.8 Å². The van der Waals surface area contributed by atoms with Crippen LogP contribution >= 0.6 is 0 Å². The second kappa shape index (κ2) is 5.17. The van der Waals surface area contributed by atoms with Gasteiger partial charge in [-0.1, -0.05) is 13.0 Å². The summed E-state index contributed by atoms with van der Waals surface area (Å²) in [5, 5.41) is 17.7. The van der Waals surface area contributed by atoms with Gasteiger partial charge in [0, 0.05) is 5.56 Å². The normalized spacial score (nSPS) is 9.56. The number of hydrogen-bond donors (Lipinski definition) is 1. The molecule has 0 aliphatic heterocycles. The standard InChI is InChI=1S/C12H13NO3/c1-3-8-4-9(6-12(14)15)11(16-2)5-10(8)7-13/h4-5H,3,6H2,1-2H3,(H,14,15). The predicted octanol–water partition coefficient (Wildman–Crippen LogP) is 1.76.